The van der Waals surface area contributed by atoms with Gasteiger partial charge in [0.15, 0.2) is 0 Å². The van der Waals surface area contributed by atoms with E-state index in [2.05, 4.69) is 23.1 Å². The van der Waals surface area contributed by atoms with Crippen LogP contribution in [0.5, 0.6) is 0 Å². The topological polar surface area (TPSA) is 56.6 Å². The van der Waals surface area contributed by atoms with Crippen molar-refractivity contribution in [3.8, 4) is 6.07 Å². The highest BCUT2D eigenvalue weighted by Gasteiger charge is 2.30. The number of nitrogens with zero attached hydrogens (tertiary/aromatic N) is 3. The zero-order valence-corrected chi connectivity index (χ0v) is 15.0. The Bertz CT molecular complexity index is 785. The van der Waals surface area contributed by atoms with Gasteiger partial charge in [-0.15, -0.1) is 0 Å². The third kappa shape index (κ3) is 4.29. The second-order valence-corrected chi connectivity index (χ2v) is 6.49. The first-order valence-electron chi connectivity index (χ1n) is 8.76. The normalized spacial score (nSPS) is 17.7. The van der Waals surface area contributed by atoms with Crippen molar-refractivity contribution in [3.63, 3.8) is 0 Å². The van der Waals surface area contributed by atoms with E-state index in [-0.39, 0.29) is 11.9 Å². The Balaban J connectivity index is 1.67. The van der Waals surface area contributed by atoms with E-state index in [9.17, 15) is 10.1 Å². The fourth-order valence-corrected chi connectivity index (χ4v) is 3.28. The SMILES string of the molecule is COCc1cccc(C(=O)N2CCN(Cc3ccccc3)C(C#N)C2)c1. The standard InChI is InChI=1S/C21H23N3O2/c1-26-16-18-8-5-9-19(12-18)21(25)24-11-10-23(20(13-22)15-24)14-17-6-3-2-4-7-17/h2-9,12,20H,10-11,14-16H2,1H3. The maximum atomic E-state index is 12.8. The highest BCUT2D eigenvalue weighted by molar-refractivity contribution is 5.94. The minimum atomic E-state index is -0.296. The maximum Gasteiger partial charge on any atom is 0.253 e. The summed E-state index contributed by atoms with van der Waals surface area (Å²) < 4.78 is 5.14. The van der Waals surface area contributed by atoms with Gasteiger partial charge in [-0.3, -0.25) is 9.69 Å². The summed E-state index contributed by atoms with van der Waals surface area (Å²) in [4.78, 5) is 16.8. The van der Waals surface area contributed by atoms with E-state index in [1.807, 2.05) is 42.5 Å². The van der Waals surface area contributed by atoms with Crippen LogP contribution < -0.4 is 0 Å². The summed E-state index contributed by atoms with van der Waals surface area (Å²) in [6.45, 7) is 2.95. The van der Waals surface area contributed by atoms with Gasteiger partial charge in [0, 0.05) is 38.9 Å². The van der Waals surface area contributed by atoms with E-state index in [0.29, 0.717) is 31.8 Å². The molecule has 1 amide bonds. The molecule has 1 fully saturated rings. The number of piperazine rings is 1. The van der Waals surface area contributed by atoms with E-state index in [0.717, 1.165) is 12.1 Å². The predicted molar refractivity (Wildman–Crippen MR) is 99.3 cm³/mol. The fourth-order valence-electron chi connectivity index (χ4n) is 3.28. The van der Waals surface area contributed by atoms with E-state index in [4.69, 9.17) is 4.74 Å². The lowest BCUT2D eigenvalue weighted by Crippen LogP contribution is -2.53. The van der Waals surface area contributed by atoms with Crippen molar-refractivity contribution < 1.29 is 9.53 Å². The number of hydrogen-bond acceptors (Lipinski definition) is 4. The van der Waals surface area contributed by atoms with Gasteiger partial charge < -0.3 is 9.64 Å². The average Bonchev–Trinajstić information content (AvgIpc) is 2.69. The summed E-state index contributed by atoms with van der Waals surface area (Å²) in [5.41, 5.74) is 2.80. The number of hydrogen-bond donors (Lipinski definition) is 0. The molecule has 0 aromatic heterocycles. The number of rotatable bonds is 5. The molecule has 0 spiro atoms. The van der Waals surface area contributed by atoms with Crippen LogP contribution in [0.25, 0.3) is 0 Å². The highest BCUT2D eigenvalue weighted by Crippen LogP contribution is 2.17. The van der Waals surface area contributed by atoms with Crippen molar-refractivity contribution in [3.05, 3.63) is 71.3 Å². The number of carbonyl (C=O) groups excluding carboxylic acids is 1. The molecule has 1 saturated heterocycles. The molecule has 2 aromatic rings. The van der Waals surface area contributed by atoms with Crippen LogP contribution in [-0.4, -0.2) is 48.5 Å². The first-order valence-corrected chi connectivity index (χ1v) is 8.76. The van der Waals surface area contributed by atoms with Gasteiger partial charge in [0.25, 0.3) is 5.91 Å². The fraction of sp³-hybridized carbons (Fsp3) is 0.333. The van der Waals surface area contributed by atoms with Crippen LogP contribution in [0, 0.1) is 11.3 Å². The molecule has 0 saturated carbocycles. The smallest absolute Gasteiger partial charge is 0.253 e. The Morgan fingerprint density at radius 1 is 1.15 bits per heavy atom. The van der Waals surface area contributed by atoms with Crippen molar-refractivity contribution in [1.82, 2.24) is 9.80 Å². The lowest BCUT2D eigenvalue weighted by Gasteiger charge is -2.38. The van der Waals surface area contributed by atoms with Gasteiger partial charge in [-0.2, -0.15) is 5.26 Å². The molecule has 1 unspecified atom stereocenters. The zero-order valence-electron chi connectivity index (χ0n) is 15.0. The number of amides is 1. The van der Waals surface area contributed by atoms with Gasteiger partial charge in [-0.05, 0) is 23.3 Å². The predicted octanol–water partition coefficient (Wildman–Crippen LogP) is 2.68. The summed E-state index contributed by atoms with van der Waals surface area (Å²) in [6.07, 6.45) is 0. The van der Waals surface area contributed by atoms with Gasteiger partial charge in [-0.1, -0.05) is 42.5 Å². The third-order valence-corrected chi connectivity index (χ3v) is 4.64. The number of carbonyl (C=O) groups is 1. The molecular formula is C21H23N3O2. The van der Waals surface area contributed by atoms with E-state index >= 15 is 0 Å². The van der Waals surface area contributed by atoms with Gasteiger partial charge in [-0.25, -0.2) is 0 Å². The molecule has 0 bridgehead atoms. The molecule has 5 heteroatoms. The molecule has 1 aliphatic heterocycles. The molecule has 0 radical (unpaired) electrons. The quantitative estimate of drug-likeness (QED) is 0.833. The summed E-state index contributed by atoms with van der Waals surface area (Å²) in [7, 11) is 1.64. The maximum absolute atomic E-state index is 12.8. The van der Waals surface area contributed by atoms with Gasteiger partial charge in [0.1, 0.15) is 6.04 Å². The van der Waals surface area contributed by atoms with Crippen LogP contribution in [0.3, 0.4) is 0 Å². The monoisotopic (exact) mass is 349 g/mol. The van der Waals surface area contributed by atoms with Crippen molar-refractivity contribution >= 4 is 5.91 Å². The van der Waals surface area contributed by atoms with Crippen LogP contribution in [0.4, 0.5) is 0 Å². The Labute approximate surface area is 154 Å². The Morgan fingerprint density at radius 3 is 2.65 bits per heavy atom. The van der Waals surface area contributed by atoms with Gasteiger partial charge in [0.2, 0.25) is 0 Å². The molecule has 3 rings (SSSR count). The van der Waals surface area contributed by atoms with E-state index in [1.54, 1.807) is 12.0 Å². The van der Waals surface area contributed by atoms with Crippen molar-refractivity contribution in [2.24, 2.45) is 0 Å². The third-order valence-electron chi connectivity index (χ3n) is 4.64. The van der Waals surface area contributed by atoms with Crippen LogP contribution in [0.2, 0.25) is 0 Å². The second kappa shape index (κ2) is 8.61. The Kier molecular flexibility index (Phi) is 6.00. The lowest BCUT2D eigenvalue weighted by molar-refractivity contribution is 0.0552. The van der Waals surface area contributed by atoms with E-state index in [1.165, 1.54) is 5.56 Å². The average molecular weight is 349 g/mol. The van der Waals surface area contributed by atoms with Crippen LogP contribution >= 0.6 is 0 Å². The second-order valence-electron chi connectivity index (χ2n) is 6.49. The van der Waals surface area contributed by atoms with Crippen LogP contribution in [-0.2, 0) is 17.9 Å². The largest absolute Gasteiger partial charge is 0.380 e. The Hall–Kier alpha value is -2.68. The highest BCUT2D eigenvalue weighted by atomic mass is 16.5. The minimum absolute atomic E-state index is 0.0254. The molecule has 26 heavy (non-hydrogen) atoms. The first kappa shape index (κ1) is 18.1. The molecule has 1 heterocycles. The number of benzene rings is 2. The molecule has 2 aromatic carbocycles. The molecule has 5 nitrogen and oxygen atoms in total. The molecule has 0 N–H and O–H groups in total. The molecule has 1 atom stereocenters. The summed E-state index contributed by atoms with van der Waals surface area (Å²) in [5.74, 6) is -0.0254. The summed E-state index contributed by atoms with van der Waals surface area (Å²) >= 11 is 0. The number of methoxy groups -OCH3 is 1. The molecule has 1 aliphatic rings. The molecule has 134 valence electrons. The van der Waals surface area contributed by atoms with Crippen LogP contribution in [0.1, 0.15) is 21.5 Å². The zero-order chi connectivity index (χ0) is 18.4. The van der Waals surface area contributed by atoms with Crippen molar-refractivity contribution in [1.29, 1.82) is 5.26 Å². The number of nitriles is 1. The Morgan fingerprint density at radius 2 is 1.92 bits per heavy atom. The van der Waals surface area contributed by atoms with Crippen molar-refractivity contribution in [2.45, 2.75) is 19.2 Å². The minimum Gasteiger partial charge on any atom is -0.380 e. The van der Waals surface area contributed by atoms with Gasteiger partial charge in [0.05, 0.1) is 12.7 Å². The lowest BCUT2D eigenvalue weighted by atomic mass is 10.1. The van der Waals surface area contributed by atoms with Crippen LogP contribution in [0.15, 0.2) is 54.6 Å². The number of ether oxygens (including phenoxy) is 1. The summed E-state index contributed by atoms with van der Waals surface area (Å²) in [5, 5.41) is 9.58. The van der Waals surface area contributed by atoms with Crippen molar-refractivity contribution in [2.75, 3.05) is 26.7 Å². The first-order chi connectivity index (χ1) is 12.7. The molecular weight excluding hydrogens is 326 g/mol. The molecule has 0 aliphatic carbocycles. The summed E-state index contributed by atoms with van der Waals surface area (Å²) in [6, 6.07) is 19.7. The van der Waals surface area contributed by atoms with Gasteiger partial charge >= 0.3 is 0 Å². The van der Waals surface area contributed by atoms with E-state index < -0.39 is 0 Å².